The van der Waals surface area contributed by atoms with Gasteiger partial charge in [-0.3, -0.25) is 13.9 Å². The first-order valence-electron chi connectivity index (χ1n) is 6.30. The molecule has 1 saturated carbocycles. The average molecular weight is 247 g/mol. The Morgan fingerprint density at radius 1 is 1.44 bits per heavy atom. The van der Waals surface area contributed by atoms with Gasteiger partial charge in [0.05, 0.1) is 0 Å². The van der Waals surface area contributed by atoms with Gasteiger partial charge in [0.15, 0.2) is 0 Å². The van der Waals surface area contributed by atoms with E-state index in [-0.39, 0.29) is 17.3 Å². The van der Waals surface area contributed by atoms with Gasteiger partial charge in [0.1, 0.15) is 11.6 Å². The number of hydrogen-bond acceptors (Lipinski definition) is 3. The summed E-state index contributed by atoms with van der Waals surface area (Å²) in [7, 11) is 0. The molecule has 18 heavy (non-hydrogen) atoms. The minimum absolute atomic E-state index is 0.0604. The smallest absolute Gasteiger partial charge is 0.296 e. The summed E-state index contributed by atoms with van der Waals surface area (Å²) in [6.45, 7) is 4.47. The van der Waals surface area contributed by atoms with Gasteiger partial charge in [0.25, 0.3) is 5.56 Å². The summed E-state index contributed by atoms with van der Waals surface area (Å²) < 4.78 is 2.75. The molecule has 0 spiro atoms. The Bertz CT molecular complexity index is 600. The SMILES string of the molecule is CC(C)CCn1c(=O)c(C#N)cn(C2CC2)c1=O. The first kappa shape index (κ1) is 12.6. The van der Waals surface area contributed by atoms with Gasteiger partial charge in [-0.15, -0.1) is 0 Å². The van der Waals surface area contributed by atoms with Crippen LogP contribution in [0.1, 0.15) is 44.7 Å². The van der Waals surface area contributed by atoms with E-state index < -0.39 is 5.56 Å². The molecule has 0 N–H and O–H groups in total. The van der Waals surface area contributed by atoms with Gasteiger partial charge in [-0.25, -0.2) is 4.79 Å². The Balaban J connectivity index is 2.49. The van der Waals surface area contributed by atoms with Crippen LogP contribution in [0.3, 0.4) is 0 Å². The number of nitrogens with zero attached hydrogens (tertiary/aromatic N) is 3. The molecule has 1 aliphatic rings. The highest BCUT2D eigenvalue weighted by molar-refractivity contribution is 5.23. The van der Waals surface area contributed by atoms with Gasteiger partial charge in [-0.2, -0.15) is 5.26 Å². The summed E-state index contributed by atoms with van der Waals surface area (Å²) in [6.07, 6.45) is 4.07. The van der Waals surface area contributed by atoms with E-state index in [1.807, 2.05) is 19.9 Å². The molecule has 5 heteroatoms. The van der Waals surface area contributed by atoms with Crippen molar-refractivity contribution >= 4 is 0 Å². The average Bonchev–Trinajstić information content (AvgIpc) is 3.13. The minimum atomic E-state index is -0.458. The van der Waals surface area contributed by atoms with Crippen LogP contribution in [-0.4, -0.2) is 9.13 Å². The summed E-state index contributed by atoms with van der Waals surface area (Å²) in [5.74, 6) is 0.413. The maximum absolute atomic E-state index is 12.2. The zero-order chi connectivity index (χ0) is 13.3. The van der Waals surface area contributed by atoms with E-state index in [0.717, 1.165) is 19.3 Å². The summed E-state index contributed by atoms with van der Waals surface area (Å²) in [5, 5.41) is 8.96. The second-order valence-corrected chi connectivity index (χ2v) is 5.21. The first-order chi connectivity index (χ1) is 8.54. The zero-order valence-electron chi connectivity index (χ0n) is 10.7. The Hall–Kier alpha value is -1.83. The van der Waals surface area contributed by atoms with Crippen LogP contribution in [0.2, 0.25) is 0 Å². The second kappa shape index (κ2) is 4.81. The molecule has 0 amide bonds. The Morgan fingerprint density at radius 3 is 2.61 bits per heavy atom. The highest BCUT2D eigenvalue weighted by Crippen LogP contribution is 2.33. The Morgan fingerprint density at radius 2 is 2.11 bits per heavy atom. The minimum Gasteiger partial charge on any atom is -0.296 e. The van der Waals surface area contributed by atoms with Gasteiger partial charge in [0, 0.05) is 18.8 Å². The number of nitriles is 1. The van der Waals surface area contributed by atoms with Crippen LogP contribution in [0.15, 0.2) is 15.8 Å². The van der Waals surface area contributed by atoms with Crippen molar-refractivity contribution in [1.29, 1.82) is 5.26 Å². The highest BCUT2D eigenvalue weighted by atomic mass is 16.2. The second-order valence-electron chi connectivity index (χ2n) is 5.21. The number of aromatic nitrogens is 2. The molecule has 1 aromatic heterocycles. The lowest BCUT2D eigenvalue weighted by Crippen LogP contribution is -2.40. The van der Waals surface area contributed by atoms with Crippen LogP contribution in [-0.2, 0) is 6.54 Å². The molecule has 0 saturated heterocycles. The molecule has 0 aromatic carbocycles. The van der Waals surface area contributed by atoms with Crippen molar-refractivity contribution < 1.29 is 0 Å². The molecule has 5 nitrogen and oxygen atoms in total. The molecule has 2 rings (SSSR count). The van der Waals surface area contributed by atoms with E-state index in [2.05, 4.69) is 0 Å². The maximum atomic E-state index is 12.2. The summed E-state index contributed by atoms with van der Waals surface area (Å²) in [5.41, 5.74) is -0.674. The predicted molar refractivity (Wildman–Crippen MR) is 67.4 cm³/mol. The molecule has 0 bridgehead atoms. The van der Waals surface area contributed by atoms with Crippen LogP contribution in [0, 0.1) is 17.2 Å². The van der Waals surface area contributed by atoms with Gasteiger partial charge < -0.3 is 0 Å². The lowest BCUT2D eigenvalue weighted by molar-refractivity contribution is 0.475. The molecule has 0 aliphatic heterocycles. The van der Waals surface area contributed by atoms with E-state index in [4.69, 9.17) is 5.26 Å². The monoisotopic (exact) mass is 247 g/mol. The van der Waals surface area contributed by atoms with Gasteiger partial charge >= 0.3 is 5.69 Å². The topological polar surface area (TPSA) is 67.8 Å². The fourth-order valence-corrected chi connectivity index (χ4v) is 1.90. The van der Waals surface area contributed by atoms with Gasteiger partial charge in [0.2, 0.25) is 0 Å². The molecule has 1 aromatic rings. The lowest BCUT2D eigenvalue weighted by atomic mass is 10.1. The third-order valence-electron chi connectivity index (χ3n) is 3.19. The van der Waals surface area contributed by atoms with E-state index in [1.54, 1.807) is 4.57 Å². The first-order valence-corrected chi connectivity index (χ1v) is 6.30. The lowest BCUT2D eigenvalue weighted by Gasteiger charge is -2.11. The van der Waals surface area contributed by atoms with Crippen molar-refractivity contribution in [2.75, 3.05) is 0 Å². The standard InChI is InChI=1S/C13H17N3O2/c1-9(2)5-6-15-12(17)10(7-14)8-16(13(15)18)11-3-4-11/h8-9,11H,3-6H2,1-2H3. The third kappa shape index (κ3) is 2.37. The van der Waals surface area contributed by atoms with E-state index >= 15 is 0 Å². The molecule has 1 aliphatic carbocycles. The molecule has 96 valence electrons. The van der Waals surface area contributed by atoms with Crippen LogP contribution in [0.5, 0.6) is 0 Å². The number of hydrogen-bond donors (Lipinski definition) is 0. The fourth-order valence-electron chi connectivity index (χ4n) is 1.90. The summed E-state index contributed by atoms with van der Waals surface area (Å²) in [4.78, 5) is 24.1. The zero-order valence-corrected chi connectivity index (χ0v) is 10.7. The fraction of sp³-hybridized carbons (Fsp3) is 0.615. The Kier molecular flexibility index (Phi) is 3.37. The van der Waals surface area contributed by atoms with Crippen molar-refractivity contribution in [3.63, 3.8) is 0 Å². The Labute approximate surface area is 105 Å². The molecular formula is C13H17N3O2. The molecule has 1 fully saturated rings. The van der Waals surface area contributed by atoms with E-state index in [9.17, 15) is 9.59 Å². The van der Waals surface area contributed by atoms with Crippen molar-refractivity contribution in [3.05, 3.63) is 32.6 Å². The van der Waals surface area contributed by atoms with Gasteiger partial charge in [-0.05, 0) is 25.2 Å². The van der Waals surface area contributed by atoms with Crippen molar-refractivity contribution in [2.24, 2.45) is 5.92 Å². The van der Waals surface area contributed by atoms with Crippen LogP contribution < -0.4 is 11.2 Å². The van der Waals surface area contributed by atoms with Crippen LogP contribution >= 0.6 is 0 Å². The predicted octanol–water partition coefficient (Wildman–Crippen LogP) is 1.26. The van der Waals surface area contributed by atoms with Crippen LogP contribution in [0.25, 0.3) is 0 Å². The molecule has 0 radical (unpaired) electrons. The van der Waals surface area contributed by atoms with Crippen molar-refractivity contribution in [3.8, 4) is 6.07 Å². The molecule has 0 unspecified atom stereocenters. The molecule has 0 atom stereocenters. The normalized spacial score (nSPS) is 14.8. The molecule has 1 heterocycles. The molecular weight excluding hydrogens is 230 g/mol. The summed E-state index contributed by atoms with van der Waals surface area (Å²) in [6, 6.07) is 2.06. The van der Waals surface area contributed by atoms with Crippen molar-refractivity contribution in [1.82, 2.24) is 9.13 Å². The largest absolute Gasteiger partial charge is 0.331 e. The highest BCUT2D eigenvalue weighted by Gasteiger charge is 2.26. The quantitative estimate of drug-likeness (QED) is 0.804. The van der Waals surface area contributed by atoms with Crippen LogP contribution in [0.4, 0.5) is 0 Å². The van der Waals surface area contributed by atoms with Gasteiger partial charge in [-0.1, -0.05) is 13.8 Å². The third-order valence-corrected chi connectivity index (χ3v) is 3.19. The number of rotatable bonds is 4. The van der Waals surface area contributed by atoms with E-state index in [1.165, 1.54) is 10.8 Å². The van der Waals surface area contributed by atoms with E-state index in [0.29, 0.717) is 12.5 Å². The summed E-state index contributed by atoms with van der Waals surface area (Å²) >= 11 is 0. The maximum Gasteiger partial charge on any atom is 0.331 e. The van der Waals surface area contributed by atoms with Crippen molar-refractivity contribution in [2.45, 2.75) is 45.7 Å².